The summed E-state index contributed by atoms with van der Waals surface area (Å²) in [5.74, 6) is -0.744. The lowest BCUT2D eigenvalue weighted by Gasteiger charge is -2.44. The lowest BCUT2D eigenvalue weighted by Crippen LogP contribution is -2.43. The second kappa shape index (κ2) is 9.68. The summed E-state index contributed by atoms with van der Waals surface area (Å²) in [5.41, 5.74) is 8.92. The highest BCUT2D eigenvalue weighted by Gasteiger charge is 2.46. The number of hydrogen-bond acceptors (Lipinski definition) is 7. The lowest BCUT2D eigenvalue weighted by atomic mass is 9.68. The molecule has 190 valence electrons. The number of ketones is 1. The number of anilines is 1. The minimum Gasteiger partial charge on any atom is -0.493 e. The fraction of sp³-hybridized carbons (Fsp3) is 0.357. The summed E-state index contributed by atoms with van der Waals surface area (Å²) in [7, 11) is 3.06. The summed E-state index contributed by atoms with van der Waals surface area (Å²) in [6.07, 6.45) is 0.842. The van der Waals surface area contributed by atoms with Crippen LogP contribution in [0.4, 0.5) is 10.1 Å². The first kappa shape index (κ1) is 25.3. The zero-order valence-corrected chi connectivity index (χ0v) is 21.2. The van der Waals surface area contributed by atoms with Gasteiger partial charge in [-0.05, 0) is 60.7 Å². The van der Waals surface area contributed by atoms with E-state index in [0.717, 1.165) is 0 Å². The standard InChI is InChI=1S/C28H31FN2O5/c1-6-36-27(33)25-23(16-7-12-21(34-4)22(13-16)35-5)24-19(14-28(2,3)15-20(24)32)31(26(25)30)18-10-8-17(29)9-11-18/h7-13,23H,6,14-15,30H2,1-5H3. The predicted octanol–water partition coefficient (Wildman–Crippen LogP) is 4.82. The molecule has 1 aliphatic heterocycles. The number of allylic oxidation sites excluding steroid dienone is 2. The van der Waals surface area contributed by atoms with Crippen LogP contribution in [0.1, 0.15) is 45.1 Å². The van der Waals surface area contributed by atoms with Crippen LogP contribution in [-0.4, -0.2) is 32.6 Å². The van der Waals surface area contributed by atoms with Crippen LogP contribution in [0.15, 0.2) is 65.1 Å². The molecule has 1 atom stereocenters. The highest BCUT2D eigenvalue weighted by atomic mass is 19.1. The fourth-order valence-electron chi connectivity index (χ4n) is 5.07. The quantitative estimate of drug-likeness (QED) is 0.576. The average Bonchev–Trinajstić information content (AvgIpc) is 2.83. The number of carbonyl (C=O) groups excluding carboxylic acids is 2. The van der Waals surface area contributed by atoms with Gasteiger partial charge >= 0.3 is 5.97 Å². The van der Waals surface area contributed by atoms with E-state index in [-0.39, 0.29) is 29.2 Å². The number of benzene rings is 2. The van der Waals surface area contributed by atoms with Gasteiger partial charge in [0.15, 0.2) is 17.3 Å². The largest absolute Gasteiger partial charge is 0.493 e. The molecular formula is C28H31FN2O5. The van der Waals surface area contributed by atoms with E-state index in [2.05, 4.69) is 0 Å². The second-order valence-corrected chi connectivity index (χ2v) is 9.68. The topological polar surface area (TPSA) is 91.1 Å². The molecule has 0 amide bonds. The third-order valence-electron chi connectivity index (χ3n) is 6.58. The summed E-state index contributed by atoms with van der Waals surface area (Å²) >= 11 is 0. The number of halogens is 1. The number of methoxy groups -OCH3 is 2. The molecule has 0 saturated heterocycles. The van der Waals surface area contributed by atoms with Gasteiger partial charge in [-0.2, -0.15) is 0 Å². The SMILES string of the molecule is CCOC(=O)C1=C(N)N(c2ccc(F)cc2)C2=C(C(=O)CC(C)(C)C2)C1c1ccc(OC)c(OC)c1. The summed E-state index contributed by atoms with van der Waals surface area (Å²) < 4.78 is 30.1. The molecule has 0 fully saturated rings. The van der Waals surface area contributed by atoms with E-state index in [1.54, 1.807) is 42.2 Å². The van der Waals surface area contributed by atoms with Gasteiger partial charge in [-0.15, -0.1) is 0 Å². The maximum atomic E-state index is 13.8. The van der Waals surface area contributed by atoms with E-state index in [1.165, 1.54) is 26.4 Å². The summed E-state index contributed by atoms with van der Waals surface area (Å²) in [5, 5.41) is 0. The van der Waals surface area contributed by atoms with Gasteiger partial charge in [-0.3, -0.25) is 9.69 Å². The van der Waals surface area contributed by atoms with Crippen molar-refractivity contribution >= 4 is 17.4 Å². The van der Waals surface area contributed by atoms with Gasteiger partial charge in [0, 0.05) is 23.4 Å². The van der Waals surface area contributed by atoms with Crippen LogP contribution < -0.4 is 20.1 Å². The lowest BCUT2D eigenvalue weighted by molar-refractivity contribution is -0.138. The third kappa shape index (κ3) is 4.43. The first-order chi connectivity index (χ1) is 17.1. The van der Waals surface area contributed by atoms with Crippen LogP contribution in [-0.2, 0) is 14.3 Å². The van der Waals surface area contributed by atoms with E-state index >= 15 is 0 Å². The van der Waals surface area contributed by atoms with Crippen LogP contribution >= 0.6 is 0 Å². The fourth-order valence-corrected chi connectivity index (χ4v) is 5.07. The van der Waals surface area contributed by atoms with E-state index < -0.39 is 17.7 Å². The van der Waals surface area contributed by atoms with Crippen molar-refractivity contribution in [1.82, 2.24) is 0 Å². The monoisotopic (exact) mass is 494 g/mol. The van der Waals surface area contributed by atoms with Gasteiger partial charge in [0.1, 0.15) is 11.6 Å². The number of nitrogens with zero attached hydrogens (tertiary/aromatic N) is 1. The highest BCUT2D eigenvalue weighted by molar-refractivity contribution is 6.05. The molecule has 0 saturated carbocycles. The summed E-state index contributed by atoms with van der Waals surface area (Å²) in [6, 6.07) is 11.1. The van der Waals surface area contributed by atoms with E-state index in [1.807, 2.05) is 13.8 Å². The molecule has 2 aromatic carbocycles. The van der Waals surface area contributed by atoms with Crippen LogP contribution in [0.3, 0.4) is 0 Å². The maximum Gasteiger partial charge on any atom is 0.338 e. The Morgan fingerprint density at radius 1 is 1.08 bits per heavy atom. The third-order valence-corrected chi connectivity index (χ3v) is 6.58. The van der Waals surface area contributed by atoms with Crippen LogP contribution in [0.5, 0.6) is 11.5 Å². The predicted molar refractivity (Wildman–Crippen MR) is 134 cm³/mol. The molecule has 0 aromatic heterocycles. The molecule has 1 aliphatic carbocycles. The normalized spacial score (nSPS) is 19.2. The van der Waals surface area contributed by atoms with Gasteiger partial charge in [-0.1, -0.05) is 19.9 Å². The maximum absolute atomic E-state index is 13.8. The Labute approximate surface area is 210 Å². The smallest absolute Gasteiger partial charge is 0.338 e. The second-order valence-electron chi connectivity index (χ2n) is 9.68. The van der Waals surface area contributed by atoms with Gasteiger partial charge in [-0.25, -0.2) is 9.18 Å². The summed E-state index contributed by atoms with van der Waals surface area (Å²) in [4.78, 5) is 28.8. The molecule has 8 heteroatoms. The van der Waals surface area contributed by atoms with Crippen molar-refractivity contribution in [3.8, 4) is 11.5 Å². The van der Waals surface area contributed by atoms with Gasteiger partial charge in [0.05, 0.1) is 32.3 Å². The first-order valence-corrected chi connectivity index (χ1v) is 11.8. The molecule has 0 spiro atoms. The number of esters is 1. The van der Waals surface area contributed by atoms with Crippen molar-refractivity contribution in [3.05, 3.63) is 76.5 Å². The van der Waals surface area contributed by atoms with E-state index in [4.69, 9.17) is 19.9 Å². The van der Waals surface area contributed by atoms with Gasteiger partial charge in [0.25, 0.3) is 0 Å². The molecule has 2 aromatic rings. The number of carbonyl (C=O) groups is 2. The van der Waals surface area contributed by atoms with Crippen molar-refractivity contribution in [2.75, 3.05) is 25.7 Å². The molecule has 0 bridgehead atoms. The molecule has 1 heterocycles. The number of rotatable bonds is 6. The highest BCUT2D eigenvalue weighted by Crippen LogP contribution is 2.51. The Bertz CT molecular complexity index is 1260. The molecule has 2 N–H and O–H groups in total. The van der Waals surface area contributed by atoms with E-state index in [0.29, 0.717) is 46.9 Å². The Hall–Kier alpha value is -3.81. The molecule has 0 radical (unpaired) electrons. The zero-order valence-electron chi connectivity index (χ0n) is 21.2. The summed E-state index contributed by atoms with van der Waals surface area (Å²) in [6.45, 7) is 5.88. The number of ether oxygens (including phenoxy) is 3. The molecule has 1 unspecified atom stereocenters. The molecule has 4 rings (SSSR count). The molecule has 7 nitrogen and oxygen atoms in total. The molecule has 36 heavy (non-hydrogen) atoms. The number of nitrogens with two attached hydrogens (primary N) is 1. The number of Topliss-reactive ketones (excluding diaryl/α,β-unsaturated/α-hetero) is 1. The van der Waals surface area contributed by atoms with Crippen molar-refractivity contribution < 1.29 is 28.2 Å². The van der Waals surface area contributed by atoms with Crippen LogP contribution in [0, 0.1) is 11.2 Å². The van der Waals surface area contributed by atoms with Gasteiger partial charge < -0.3 is 19.9 Å². The zero-order chi connectivity index (χ0) is 26.2. The van der Waals surface area contributed by atoms with Crippen LogP contribution in [0.25, 0.3) is 0 Å². The minimum atomic E-state index is -0.765. The van der Waals surface area contributed by atoms with E-state index in [9.17, 15) is 14.0 Å². The number of hydrogen-bond donors (Lipinski definition) is 1. The van der Waals surface area contributed by atoms with Crippen molar-refractivity contribution in [1.29, 1.82) is 0 Å². The van der Waals surface area contributed by atoms with Crippen LogP contribution in [0.2, 0.25) is 0 Å². The first-order valence-electron chi connectivity index (χ1n) is 11.8. The molecular weight excluding hydrogens is 463 g/mol. The Balaban J connectivity index is 2.03. The minimum absolute atomic E-state index is 0.0811. The van der Waals surface area contributed by atoms with Gasteiger partial charge in [0.2, 0.25) is 0 Å². The Kier molecular flexibility index (Phi) is 6.80. The van der Waals surface area contributed by atoms with Crippen molar-refractivity contribution in [2.45, 2.75) is 39.5 Å². The Morgan fingerprint density at radius 3 is 2.36 bits per heavy atom. The Morgan fingerprint density at radius 2 is 1.75 bits per heavy atom. The average molecular weight is 495 g/mol. The molecule has 2 aliphatic rings. The van der Waals surface area contributed by atoms with Crippen molar-refractivity contribution in [3.63, 3.8) is 0 Å². The van der Waals surface area contributed by atoms with Crippen molar-refractivity contribution in [2.24, 2.45) is 11.1 Å².